The lowest BCUT2D eigenvalue weighted by Crippen LogP contribution is -2.11. The van der Waals surface area contributed by atoms with Crippen molar-refractivity contribution in [3.05, 3.63) is 57.3 Å². The van der Waals surface area contributed by atoms with E-state index in [1.807, 2.05) is 19.9 Å². The van der Waals surface area contributed by atoms with Crippen LogP contribution < -0.4 is 5.32 Å². The zero-order chi connectivity index (χ0) is 15.4. The Morgan fingerprint density at radius 1 is 1.14 bits per heavy atom. The summed E-state index contributed by atoms with van der Waals surface area (Å²) in [5, 5.41) is 3.63. The minimum atomic E-state index is -0.328. The lowest BCUT2D eigenvalue weighted by Gasteiger charge is -2.03. The van der Waals surface area contributed by atoms with Crippen LogP contribution in [-0.2, 0) is 4.79 Å². The summed E-state index contributed by atoms with van der Waals surface area (Å²) in [6.07, 6.45) is 2.98. The molecule has 21 heavy (non-hydrogen) atoms. The van der Waals surface area contributed by atoms with Crippen molar-refractivity contribution in [1.82, 2.24) is 9.97 Å². The van der Waals surface area contributed by atoms with Crippen LogP contribution in [0.4, 0.5) is 5.95 Å². The number of aryl methyl sites for hydroxylation is 2. The van der Waals surface area contributed by atoms with E-state index in [9.17, 15) is 4.79 Å². The number of benzene rings is 1. The monoisotopic (exact) mass is 321 g/mol. The normalized spacial score (nSPS) is 10.9. The third kappa shape index (κ3) is 4.55. The molecule has 1 amide bonds. The Kier molecular flexibility index (Phi) is 4.94. The Balaban J connectivity index is 2.09. The van der Waals surface area contributed by atoms with Gasteiger partial charge in [-0.2, -0.15) is 0 Å². The molecule has 0 saturated heterocycles. The largest absolute Gasteiger partial charge is 0.291 e. The number of carbonyl (C=O) groups is 1. The van der Waals surface area contributed by atoms with Crippen LogP contribution in [0.2, 0.25) is 10.0 Å². The van der Waals surface area contributed by atoms with Crippen molar-refractivity contribution in [2.45, 2.75) is 13.8 Å². The molecule has 1 aromatic carbocycles. The molecule has 0 saturated carbocycles. The molecule has 0 radical (unpaired) electrons. The molecule has 1 N–H and O–H groups in total. The number of hydrogen-bond donors (Lipinski definition) is 1. The second kappa shape index (κ2) is 6.70. The minimum Gasteiger partial charge on any atom is -0.291 e. The van der Waals surface area contributed by atoms with Gasteiger partial charge in [0.1, 0.15) is 0 Å². The van der Waals surface area contributed by atoms with Crippen LogP contribution in [0, 0.1) is 13.8 Å². The van der Waals surface area contributed by atoms with Gasteiger partial charge in [-0.15, -0.1) is 0 Å². The van der Waals surface area contributed by atoms with E-state index < -0.39 is 0 Å². The van der Waals surface area contributed by atoms with Crippen molar-refractivity contribution >= 4 is 41.1 Å². The Bertz CT molecular complexity index is 694. The molecule has 2 rings (SSSR count). The minimum absolute atomic E-state index is 0.282. The Hall–Kier alpha value is -1.91. The summed E-state index contributed by atoms with van der Waals surface area (Å²) in [5.74, 6) is -0.0460. The summed E-state index contributed by atoms with van der Waals surface area (Å²) in [5.41, 5.74) is 2.29. The Morgan fingerprint density at radius 3 is 2.43 bits per heavy atom. The number of amides is 1. The maximum atomic E-state index is 11.8. The highest BCUT2D eigenvalue weighted by Gasteiger charge is 2.03. The van der Waals surface area contributed by atoms with E-state index in [4.69, 9.17) is 23.2 Å². The van der Waals surface area contributed by atoms with Gasteiger partial charge in [0, 0.05) is 27.5 Å². The van der Waals surface area contributed by atoms with Gasteiger partial charge in [-0.3, -0.25) is 10.1 Å². The highest BCUT2D eigenvalue weighted by Crippen LogP contribution is 2.21. The Morgan fingerprint density at radius 2 is 1.81 bits per heavy atom. The average Bonchev–Trinajstić information content (AvgIpc) is 2.36. The van der Waals surface area contributed by atoms with Crippen LogP contribution in [0.15, 0.2) is 30.3 Å². The fraction of sp³-hybridized carbons (Fsp3) is 0.133. The summed E-state index contributed by atoms with van der Waals surface area (Å²) in [6.45, 7) is 3.68. The van der Waals surface area contributed by atoms with Gasteiger partial charge in [0.15, 0.2) is 0 Å². The molecule has 0 aliphatic rings. The van der Waals surface area contributed by atoms with Gasteiger partial charge in [-0.05, 0) is 43.7 Å². The zero-order valence-electron chi connectivity index (χ0n) is 11.5. The van der Waals surface area contributed by atoms with E-state index in [0.717, 1.165) is 11.4 Å². The molecule has 0 bridgehead atoms. The van der Waals surface area contributed by atoms with Gasteiger partial charge in [-0.25, -0.2) is 9.97 Å². The van der Waals surface area contributed by atoms with Gasteiger partial charge in [0.05, 0.1) is 0 Å². The molecule has 0 atom stereocenters. The van der Waals surface area contributed by atoms with Crippen LogP contribution >= 0.6 is 23.2 Å². The van der Waals surface area contributed by atoms with Crippen LogP contribution in [0.5, 0.6) is 0 Å². The molecular weight excluding hydrogens is 309 g/mol. The van der Waals surface area contributed by atoms with Gasteiger partial charge < -0.3 is 0 Å². The highest BCUT2D eigenvalue weighted by atomic mass is 35.5. The molecule has 108 valence electrons. The van der Waals surface area contributed by atoms with Crippen LogP contribution in [-0.4, -0.2) is 15.9 Å². The molecule has 1 heterocycles. The maximum absolute atomic E-state index is 11.8. The number of nitrogens with one attached hydrogen (secondary N) is 1. The number of anilines is 1. The van der Waals surface area contributed by atoms with E-state index in [0.29, 0.717) is 15.6 Å². The lowest BCUT2D eigenvalue weighted by molar-refractivity contribution is -0.111. The summed E-state index contributed by atoms with van der Waals surface area (Å²) >= 11 is 11.8. The van der Waals surface area contributed by atoms with Gasteiger partial charge in [-0.1, -0.05) is 29.3 Å². The van der Waals surface area contributed by atoms with Gasteiger partial charge in [0.2, 0.25) is 5.95 Å². The van der Waals surface area contributed by atoms with Crippen LogP contribution in [0.3, 0.4) is 0 Å². The number of hydrogen-bond acceptors (Lipinski definition) is 3. The summed E-state index contributed by atoms with van der Waals surface area (Å²) < 4.78 is 0. The van der Waals surface area contributed by atoms with Crippen molar-refractivity contribution < 1.29 is 4.79 Å². The quantitative estimate of drug-likeness (QED) is 0.867. The summed E-state index contributed by atoms with van der Waals surface area (Å²) in [7, 11) is 0. The topological polar surface area (TPSA) is 54.9 Å². The standard InChI is InChI=1S/C15H13Cl2N3O/c1-9-7-10(2)19-15(18-9)20-14(21)6-4-11-3-5-12(16)8-13(11)17/h3-8H,1-2H3,(H,18,19,20,21). The van der Waals surface area contributed by atoms with E-state index in [2.05, 4.69) is 15.3 Å². The van der Waals surface area contributed by atoms with Crippen LogP contribution in [0.1, 0.15) is 17.0 Å². The first-order valence-corrected chi connectivity index (χ1v) is 6.96. The molecule has 0 unspecified atom stereocenters. The number of rotatable bonds is 3. The van der Waals surface area contributed by atoms with E-state index in [1.54, 1.807) is 24.3 Å². The van der Waals surface area contributed by atoms with Crippen molar-refractivity contribution in [1.29, 1.82) is 0 Å². The predicted molar refractivity (Wildman–Crippen MR) is 85.6 cm³/mol. The third-order valence-corrected chi connectivity index (χ3v) is 3.16. The number of aromatic nitrogens is 2. The number of carbonyl (C=O) groups excluding carboxylic acids is 1. The SMILES string of the molecule is Cc1cc(C)nc(NC(=O)C=Cc2ccc(Cl)cc2Cl)n1. The van der Waals surface area contributed by atoms with Crippen molar-refractivity contribution in [3.8, 4) is 0 Å². The molecule has 6 heteroatoms. The van der Waals surface area contributed by atoms with Gasteiger partial charge >= 0.3 is 0 Å². The van der Waals surface area contributed by atoms with Crippen molar-refractivity contribution in [3.63, 3.8) is 0 Å². The fourth-order valence-electron chi connectivity index (χ4n) is 1.74. The van der Waals surface area contributed by atoms with Crippen molar-refractivity contribution in [2.24, 2.45) is 0 Å². The molecule has 0 aliphatic heterocycles. The molecular formula is C15H13Cl2N3O. The first kappa shape index (κ1) is 15.5. The van der Waals surface area contributed by atoms with Gasteiger partial charge in [0.25, 0.3) is 5.91 Å². The zero-order valence-corrected chi connectivity index (χ0v) is 13.0. The highest BCUT2D eigenvalue weighted by molar-refractivity contribution is 6.35. The first-order valence-electron chi connectivity index (χ1n) is 6.20. The Labute approximate surface area is 132 Å². The molecule has 0 fully saturated rings. The molecule has 0 spiro atoms. The molecule has 1 aromatic heterocycles. The van der Waals surface area contributed by atoms with E-state index in [-0.39, 0.29) is 11.9 Å². The number of halogens is 2. The second-order valence-electron chi connectivity index (χ2n) is 4.46. The van der Waals surface area contributed by atoms with Crippen molar-refractivity contribution in [2.75, 3.05) is 5.32 Å². The molecule has 2 aromatic rings. The summed E-state index contributed by atoms with van der Waals surface area (Å²) in [4.78, 5) is 20.1. The fourth-order valence-corrected chi connectivity index (χ4v) is 2.21. The smallest absolute Gasteiger partial charge is 0.250 e. The lowest BCUT2D eigenvalue weighted by atomic mass is 10.2. The second-order valence-corrected chi connectivity index (χ2v) is 5.31. The summed E-state index contributed by atoms with van der Waals surface area (Å²) in [6, 6.07) is 6.90. The predicted octanol–water partition coefficient (Wildman–Crippen LogP) is 4.05. The van der Waals surface area contributed by atoms with E-state index in [1.165, 1.54) is 6.08 Å². The van der Waals surface area contributed by atoms with Crippen LogP contribution in [0.25, 0.3) is 6.08 Å². The first-order chi connectivity index (χ1) is 9.94. The third-order valence-electron chi connectivity index (χ3n) is 2.59. The van der Waals surface area contributed by atoms with E-state index >= 15 is 0 Å². The number of nitrogens with zero attached hydrogens (tertiary/aromatic N) is 2. The molecule has 4 nitrogen and oxygen atoms in total. The molecule has 0 aliphatic carbocycles. The maximum Gasteiger partial charge on any atom is 0.250 e. The average molecular weight is 322 g/mol.